The van der Waals surface area contributed by atoms with Gasteiger partial charge in [0, 0.05) is 12.4 Å². The van der Waals surface area contributed by atoms with Gasteiger partial charge in [0.15, 0.2) is 0 Å². The smallest absolute Gasteiger partial charge is 0.407 e. The van der Waals surface area contributed by atoms with E-state index in [-0.39, 0.29) is 18.2 Å². The fraction of sp³-hybridized carbons (Fsp3) is 0.714. The standard InChI is InChI=1S/C14H23N3O2/c1-14(2,3)19-13(18)16-11-6-4-5-7-12(11)17-9-8-15-10-17/h8-12H,4-7H2,1-3H3,(H,16,18)/t11-,12-/m0/s1. The Hall–Kier alpha value is -1.52. The van der Waals surface area contributed by atoms with Gasteiger partial charge in [-0.3, -0.25) is 0 Å². The van der Waals surface area contributed by atoms with Crippen molar-refractivity contribution in [3.05, 3.63) is 18.7 Å². The first kappa shape index (κ1) is 13.9. The second-order valence-corrected chi connectivity index (χ2v) is 6.11. The molecule has 5 heteroatoms. The Morgan fingerprint density at radius 1 is 1.37 bits per heavy atom. The second kappa shape index (κ2) is 5.63. The minimum absolute atomic E-state index is 0.123. The quantitative estimate of drug-likeness (QED) is 0.894. The van der Waals surface area contributed by atoms with Crippen molar-refractivity contribution in [2.45, 2.75) is 64.1 Å². The summed E-state index contributed by atoms with van der Waals surface area (Å²) in [5.41, 5.74) is -0.455. The lowest BCUT2D eigenvalue weighted by Crippen LogP contribution is -2.44. The first-order valence-corrected chi connectivity index (χ1v) is 6.93. The molecule has 1 amide bonds. The molecule has 1 saturated carbocycles. The highest BCUT2D eigenvalue weighted by atomic mass is 16.6. The highest BCUT2D eigenvalue weighted by Gasteiger charge is 2.29. The maximum absolute atomic E-state index is 11.9. The van der Waals surface area contributed by atoms with Gasteiger partial charge in [0.25, 0.3) is 0 Å². The Bertz CT molecular complexity index is 409. The zero-order valence-electron chi connectivity index (χ0n) is 11.9. The predicted molar refractivity (Wildman–Crippen MR) is 72.9 cm³/mol. The number of amides is 1. The molecular formula is C14H23N3O2. The van der Waals surface area contributed by atoms with Crippen molar-refractivity contribution in [3.8, 4) is 0 Å². The van der Waals surface area contributed by atoms with Crippen LogP contribution in [0, 0.1) is 0 Å². The molecule has 106 valence electrons. The number of ether oxygens (including phenoxy) is 1. The second-order valence-electron chi connectivity index (χ2n) is 6.11. The van der Waals surface area contributed by atoms with Crippen molar-refractivity contribution < 1.29 is 9.53 Å². The largest absolute Gasteiger partial charge is 0.444 e. The van der Waals surface area contributed by atoms with Gasteiger partial charge in [0.2, 0.25) is 0 Å². The van der Waals surface area contributed by atoms with Crippen LogP contribution in [-0.2, 0) is 4.74 Å². The summed E-state index contributed by atoms with van der Waals surface area (Å²) in [6.07, 6.45) is 9.61. The molecule has 0 unspecified atom stereocenters. The van der Waals surface area contributed by atoms with E-state index in [9.17, 15) is 4.79 Å². The van der Waals surface area contributed by atoms with E-state index in [1.165, 1.54) is 6.42 Å². The van der Waals surface area contributed by atoms with Crippen molar-refractivity contribution >= 4 is 6.09 Å². The third kappa shape index (κ3) is 3.98. The van der Waals surface area contributed by atoms with Gasteiger partial charge in [-0.25, -0.2) is 9.78 Å². The molecule has 1 aromatic rings. The predicted octanol–water partition coefficient (Wildman–Crippen LogP) is 2.89. The molecule has 1 aliphatic rings. The van der Waals surface area contributed by atoms with Crippen LogP contribution < -0.4 is 5.32 Å². The van der Waals surface area contributed by atoms with E-state index in [0.29, 0.717) is 0 Å². The van der Waals surface area contributed by atoms with Gasteiger partial charge >= 0.3 is 6.09 Å². The van der Waals surface area contributed by atoms with Gasteiger partial charge in [-0.05, 0) is 33.6 Å². The normalized spacial score (nSPS) is 23.9. The van der Waals surface area contributed by atoms with Crippen LogP contribution >= 0.6 is 0 Å². The van der Waals surface area contributed by atoms with Gasteiger partial charge in [0.05, 0.1) is 18.4 Å². The summed E-state index contributed by atoms with van der Waals surface area (Å²) in [4.78, 5) is 16.0. The molecule has 0 aliphatic heterocycles. The van der Waals surface area contributed by atoms with E-state index in [1.54, 1.807) is 6.20 Å². The van der Waals surface area contributed by atoms with Gasteiger partial charge in [-0.2, -0.15) is 0 Å². The molecule has 2 rings (SSSR count). The first-order chi connectivity index (χ1) is 8.96. The number of rotatable bonds is 2. The van der Waals surface area contributed by atoms with Crippen molar-refractivity contribution in [3.63, 3.8) is 0 Å². The fourth-order valence-corrected chi connectivity index (χ4v) is 2.56. The van der Waals surface area contributed by atoms with E-state index < -0.39 is 5.60 Å². The van der Waals surface area contributed by atoms with E-state index in [1.807, 2.05) is 33.3 Å². The molecule has 1 N–H and O–H groups in total. The van der Waals surface area contributed by atoms with E-state index in [4.69, 9.17) is 4.74 Å². The number of carbonyl (C=O) groups excluding carboxylic acids is 1. The average molecular weight is 265 g/mol. The van der Waals surface area contributed by atoms with Crippen LogP contribution in [0.2, 0.25) is 0 Å². The Kier molecular flexibility index (Phi) is 4.12. The molecule has 0 spiro atoms. The van der Waals surface area contributed by atoms with Crippen molar-refractivity contribution in [1.82, 2.24) is 14.9 Å². The van der Waals surface area contributed by atoms with Crippen molar-refractivity contribution in [2.75, 3.05) is 0 Å². The molecule has 1 aromatic heterocycles. The third-order valence-corrected chi connectivity index (χ3v) is 3.34. The van der Waals surface area contributed by atoms with Crippen LogP contribution in [-0.4, -0.2) is 27.3 Å². The van der Waals surface area contributed by atoms with Gasteiger partial charge < -0.3 is 14.6 Å². The lowest BCUT2D eigenvalue weighted by Gasteiger charge is -2.33. The van der Waals surface area contributed by atoms with Gasteiger partial charge in [0.1, 0.15) is 5.60 Å². The van der Waals surface area contributed by atoms with Crippen LogP contribution in [0.4, 0.5) is 4.79 Å². The third-order valence-electron chi connectivity index (χ3n) is 3.34. The van der Waals surface area contributed by atoms with E-state index in [0.717, 1.165) is 19.3 Å². The maximum Gasteiger partial charge on any atom is 0.407 e. The van der Waals surface area contributed by atoms with Gasteiger partial charge in [-0.15, -0.1) is 0 Å². The highest BCUT2D eigenvalue weighted by molar-refractivity contribution is 5.68. The van der Waals surface area contributed by atoms with Crippen LogP contribution in [0.5, 0.6) is 0 Å². The molecule has 19 heavy (non-hydrogen) atoms. The van der Waals surface area contributed by atoms with E-state index in [2.05, 4.69) is 14.9 Å². The molecule has 5 nitrogen and oxygen atoms in total. The molecule has 0 radical (unpaired) electrons. The molecule has 2 atom stereocenters. The monoisotopic (exact) mass is 265 g/mol. The number of imidazole rings is 1. The molecule has 1 aliphatic carbocycles. The molecule has 0 saturated heterocycles. The summed E-state index contributed by atoms with van der Waals surface area (Å²) in [6, 6.07) is 0.404. The Morgan fingerprint density at radius 3 is 2.74 bits per heavy atom. The minimum atomic E-state index is -0.455. The number of hydrogen-bond donors (Lipinski definition) is 1. The molecule has 0 aromatic carbocycles. The van der Waals surface area contributed by atoms with Crippen LogP contribution in [0.3, 0.4) is 0 Å². The van der Waals surface area contributed by atoms with Crippen molar-refractivity contribution in [1.29, 1.82) is 0 Å². The first-order valence-electron chi connectivity index (χ1n) is 6.93. The Balaban J connectivity index is 1.98. The average Bonchev–Trinajstić information content (AvgIpc) is 2.80. The number of nitrogens with zero attached hydrogens (tertiary/aromatic N) is 2. The molecule has 1 heterocycles. The molecule has 1 fully saturated rings. The summed E-state index contributed by atoms with van der Waals surface area (Å²) >= 11 is 0. The number of carbonyl (C=O) groups is 1. The summed E-state index contributed by atoms with van der Waals surface area (Å²) < 4.78 is 7.42. The summed E-state index contributed by atoms with van der Waals surface area (Å²) in [7, 11) is 0. The maximum atomic E-state index is 11.9. The van der Waals surface area contributed by atoms with Crippen molar-refractivity contribution in [2.24, 2.45) is 0 Å². The fourth-order valence-electron chi connectivity index (χ4n) is 2.56. The molecular weight excluding hydrogens is 242 g/mol. The zero-order chi connectivity index (χ0) is 13.9. The van der Waals surface area contributed by atoms with Crippen LogP contribution in [0.1, 0.15) is 52.5 Å². The SMILES string of the molecule is CC(C)(C)OC(=O)N[C@H]1CCCC[C@@H]1n1ccnc1. The Labute approximate surface area is 114 Å². The number of hydrogen-bond acceptors (Lipinski definition) is 3. The number of aromatic nitrogens is 2. The minimum Gasteiger partial charge on any atom is -0.444 e. The topological polar surface area (TPSA) is 56.1 Å². The van der Waals surface area contributed by atoms with Gasteiger partial charge in [-0.1, -0.05) is 12.8 Å². The lowest BCUT2D eigenvalue weighted by atomic mass is 9.90. The van der Waals surface area contributed by atoms with Crippen LogP contribution in [0.25, 0.3) is 0 Å². The molecule has 0 bridgehead atoms. The number of alkyl carbamates (subject to hydrolysis) is 1. The summed E-state index contributed by atoms with van der Waals surface area (Å²) in [5, 5.41) is 3.00. The zero-order valence-corrected chi connectivity index (χ0v) is 11.9. The Morgan fingerprint density at radius 2 is 2.11 bits per heavy atom. The summed E-state index contributed by atoms with van der Waals surface area (Å²) in [6.45, 7) is 5.63. The number of nitrogens with one attached hydrogen (secondary N) is 1. The lowest BCUT2D eigenvalue weighted by molar-refractivity contribution is 0.0472. The van der Waals surface area contributed by atoms with E-state index >= 15 is 0 Å². The van der Waals surface area contributed by atoms with Crippen LogP contribution in [0.15, 0.2) is 18.7 Å². The summed E-state index contributed by atoms with van der Waals surface area (Å²) in [5.74, 6) is 0. The highest BCUT2D eigenvalue weighted by Crippen LogP contribution is 2.28.